The van der Waals surface area contributed by atoms with Crippen molar-refractivity contribution >= 4 is 12.2 Å². The van der Waals surface area contributed by atoms with E-state index in [2.05, 4.69) is 28.9 Å². The molecule has 0 aromatic carbocycles. The number of likely N-dealkylation sites (tertiary alicyclic amines) is 1. The van der Waals surface area contributed by atoms with Gasteiger partial charge in [0.15, 0.2) is 10.6 Å². The molecule has 1 aliphatic rings. The van der Waals surface area contributed by atoms with Gasteiger partial charge in [-0.05, 0) is 51.0 Å². The summed E-state index contributed by atoms with van der Waals surface area (Å²) >= 11 is 5.39. The molecule has 0 atom stereocenters. The van der Waals surface area contributed by atoms with E-state index in [0.717, 1.165) is 25.7 Å². The van der Waals surface area contributed by atoms with Crippen LogP contribution in [-0.4, -0.2) is 62.5 Å². The molecule has 1 fully saturated rings. The summed E-state index contributed by atoms with van der Waals surface area (Å²) in [6.07, 6.45) is 5.04. The van der Waals surface area contributed by atoms with Gasteiger partial charge in [-0.15, -0.1) is 0 Å². The lowest BCUT2D eigenvalue weighted by Crippen LogP contribution is -2.39. The molecule has 2 heterocycles. The van der Waals surface area contributed by atoms with Gasteiger partial charge in [-0.3, -0.25) is 4.90 Å². The fourth-order valence-corrected chi connectivity index (χ4v) is 3.43. The molecule has 0 aliphatic carbocycles. The van der Waals surface area contributed by atoms with Gasteiger partial charge in [0.05, 0.1) is 6.67 Å². The van der Waals surface area contributed by atoms with Crippen LogP contribution in [-0.2, 0) is 20.3 Å². The summed E-state index contributed by atoms with van der Waals surface area (Å²) in [5.74, 6) is 1.43. The number of aliphatic hydroxyl groups is 1. The van der Waals surface area contributed by atoms with Gasteiger partial charge in [0.1, 0.15) is 6.61 Å². The first-order valence-electron chi connectivity index (χ1n) is 8.69. The summed E-state index contributed by atoms with van der Waals surface area (Å²) in [5.41, 5.74) is 0. The van der Waals surface area contributed by atoms with Crippen LogP contribution in [0.2, 0.25) is 0 Å². The average Bonchev–Trinajstić information content (AvgIpc) is 2.82. The zero-order valence-electron chi connectivity index (χ0n) is 14.7. The highest BCUT2D eigenvalue weighted by molar-refractivity contribution is 7.71. The molecule has 0 bridgehead atoms. The first-order valence-corrected chi connectivity index (χ1v) is 9.10. The number of piperidine rings is 1. The quantitative estimate of drug-likeness (QED) is 0.731. The molecule has 2 rings (SSSR count). The fraction of sp³-hybridized carbons (Fsp3) is 0.875. The molecule has 7 heteroatoms. The van der Waals surface area contributed by atoms with E-state index in [1.807, 2.05) is 11.7 Å². The summed E-state index contributed by atoms with van der Waals surface area (Å²) < 4.78 is 4.29. The van der Waals surface area contributed by atoms with Gasteiger partial charge in [0.2, 0.25) is 0 Å². The van der Waals surface area contributed by atoms with Crippen LogP contribution in [0.4, 0.5) is 0 Å². The van der Waals surface area contributed by atoms with Gasteiger partial charge in [0, 0.05) is 26.7 Å². The molecule has 0 unspecified atom stereocenters. The van der Waals surface area contributed by atoms with Crippen molar-refractivity contribution in [2.24, 2.45) is 13.0 Å². The van der Waals surface area contributed by atoms with E-state index >= 15 is 0 Å². The topological polar surface area (TPSA) is 49.5 Å². The number of aromatic nitrogens is 3. The van der Waals surface area contributed by atoms with E-state index in [-0.39, 0.29) is 6.61 Å². The van der Waals surface area contributed by atoms with E-state index in [1.165, 1.54) is 38.8 Å². The Hall–Kier alpha value is -0.760. The number of hydrogen-bond donors (Lipinski definition) is 1. The zero-order valence-corrected chi connectivity index (χ0v) is 15.6. The van der Waals surface area contributed by atoms with E-state index in [0.29, 0.717) is 10.6 Å². The van der Waals surface area contributed by atoms with Gasteiger partial charge in [-0.1, -0.05) is 13.3 Å². The molecule has 1 aromatic rings. The van der Waals surface area contributed by atoms with Crippen molar-refractivity contribution < 1.29 is 5.11 Å². The summed E-state index contributed by atoms with van der Waals surface area (Å²) in [6.45, 7) is 7.52. The van der Waals surface area contributed by atoms with Crippen molar-refractivity contribution in [1.82, 2.24) is 24.1 Å². The average molecular weight is 342 g/mol. The second-order valence-electron chi connectivity index (χ2n) is 6.73. The van der Waals surface area contributed by atoms with Crippen LogP contribution in [0.15, 0.2) is 0 Å². The van der Waals surface area contributed by atoms with Gasteiger partial charge < -0.3 is 14.6 Å². The number of hydrogen-bond acceptors (Lipinski definition) is 5. The maximum absolute atomic E-state index is 9.28. The molecule has 0 saturated carbocycles. The molecule has 0 radical (unpaired) electrons. The Morgan fingerprint density at radius 3 is 2.61 bits per heavy atom. The molecular weight excluding hydrogens is 310 g/mol. The highest BCUT2D eigenvalue weighted by Crippen LogP contribution is 2.19. The van der Waals surface area contributed by atoms with Crippen molar-refractivity contribution in [2.45, 2.75) is 45.9 Å². The first-order chi connectivity index (χ1) is 11.0. The second-order valence-corrected chi connectivity index (χ2v) is 7.10. The van der Waals surface area contributed by atoms with Crippen LogP contribution in [0.1, 0.15) is 38.4 Å². The third kappa shape index (κ3) is 5.11. The lowest BCUT2D eigenvalue weighted by atomic mass is 9.96. The maximum atomic E-state index is 9.28. The normalized spacial score (nSPS) is 17.3. The van der Waals surface area contributed by atoms with E-state index < -0.39 is 0 Å². The Balaban J connectivity index is 1.80. The van der Waals surface area contributed by atoms with E-state index in [9.17, 15) is 5.11 Å². The molecule has 1 aliphatic heterocycles. The number of rotatable bonds is 8. The Labute approximate surface area is 144 Å². The molecule has 0 spiro atoms. The first kappa shape index (κ1) is 18.6. The lowest BCUT2D eigenvalue weighted by Gasteiger charge is -2.33. The Kier molecular flexibility index (Phi) is 7.20. The van der Waals surface area contributed by atoms with E-state index in [1.54, 1.807) is 4.57 Å². The summed E-state index contributed by atoms with van der Waals surface area (Å²) in [5, 5.41) is 13.7. The maximum Gasteiger partial charge on any atom is 0.198 e. The summed E-state index contributed by atoms with van der Waals surface area (Å²) in [7, 11) is 4.10. The zero-order chi connectivity index (χ0) is 16.8. The molecule has 132 valence electrons. The molecule has 6 nitrogen and oxygen atoms in total. The van der Waals surface area contributed by atoms with Gasteiger partial charge in [0.25, 0.3) is 0 Å². The summed E-state index contributed by atoms with van der Waals surface area (Å²) in [4.78, 5) is 4.89. The third-order valence-corrected chi connectivity index (χ3v) is 5.26. The molecule has 23 heavy (non-hydrogen) atoms. The molecular formula is C16H31N5OS. The lowest BCUT2D eigenvalue weighted by molar-refractivity contribution is 0.121. The molecule has 0 amide bonds. The minimum atomic E-state index is -0.0701. The highest BCUT2D eigenvalue weighted by Gasteiger charge is 2.21. The van der Waals surface area contributed by atoms with Crippen LogP contribution < -0.4 is 0 Å². The molecule has 1 N–H and O–H groups in total. The predicted octanol–water partition coefficient (Wildman–Crippen LogP) is 1.84. The Morgan fingerprint density at radius 1 is 1.35 bits per heavy atom. The smallest absolute Gasteiger partial charge is 0.198 e. The standard InChI is InChI=1S/C16H31N5OS/c1-4-5-8-18(2)11-14-6-9-20(10-7-14)13-21-16(23)19(3)15(12-22)17-21/h14,22H,4-13H2,1-3H3. The molecule has 1 aromatic heterocycles. The SMILES string of the molecule is CCCCN(C)CC1CCN(Cn2nc(CO)n(C)c2=S)CC1. The van der Waals surface area contributed by atoms with Crippen molar-refractivity contribution in [3.8, 4) is 0 Å². The Bertz CT molecular complexity index is 533. The van der Waals surface area contributed by atoms with Crippen molar-refractivity contribution in [1.29, 1.82) is 0 Å². The second kappa shape index (κ2) is 8.92. The van der Waals surface area contributed by atoms with Crippen LogP contribution >= 0.6 is 12.2 Å². The number of nitrogens with zero attached hydrogens (tertiary/aromatic N) is 5. The van der Waals surface area contributed by atoms with Crippen LogP contribution in [0.3, 0.4) is 0 Å². The Morgan fingerprint density at radius 2 is 2.04 bits per heavy atom. The minimum absolute atomic E-state index is 0.0701. The summed E-state index contributed by atoms with van der Waals surface area (Å²) in [6, 6.07) is 0. The fourth-order valence-electron chi connectivity index (χ4n) is 3.22. The third-order valence-electron chi connectivity index (χ3n) is 4.78. The van der Waals surface area contributed by atoms with Crippen molar-refractivity contribution in [3.63, 3.8) is 0 Å². The van der Waals surface area contributed by atoms with Crippen LogP contribution in [0, 0.1) is 10.7 Å². The molecule has 1 saturated heterocycles. The van der Waals surface area contributed by atoms with Crippen LogP contribution in [0.25, 0.3) is 0 Å². The van der Waals surface area contributed by atoms with Crippen molar-refractivity contribution in [2.75, 3.05) is 33.2 Å². The number of unbranched alkanes of at least 4 members (excludes halogenated alkanes) is 1. The van der Waals surface area contributed by atoms with Gasteiger partial charge >= 0.3 is 0 Å². The monoisotopic (exact) mass is 341 g/mol. The van der Waals surface area contributed by atoms with Gasteiger partial charge in [-0.2, -0.15) is 5.10 Å². The minimum Gasteiger partial charge on any atom is -0.388 e. The highest BCUT2D eigenvalue weighted by atomic mass is 32.1. The largest absolute Gasteiger partial charge is 0.388 e. The number of aliphatic hydroxyl groups excluding tert-OH is 1. The van der Waals surface area contributed by atoms with Crippen molar-refractivity contribution in [3.05, 3.63) is 10.6 Å². The van der Waals surface area contributed by atoms with Gasteiger partial charge in [-0.25, -0.2) is 4.68 Å². The predicted molar refractivity (Wildman–Crippen MR) is 94.7 cm³/mol. The van der Waals surface area contributed by atoms with Crippen LogP contribution in [0.5, 0.6) is 0 Å². The van der Waals surface area contributed by atoms with E-state index in [4.69, 9.17) is 12.2 Å².